The van der Waals surface area contributed by atoms with Crippen molar-refractivity contribution in [3.05, 3.63) is 60.2 Å². The van der Waals surface area contributed by atoms with Gasteiger partial charge in [0.15, 0.2) is 0 Å². The summed E-state index contributed by atoms with van der Waals surface area (Å²) in [6.07, 6.45) is -0.606. The fourth-order valence-corrected chi connectivity index (χ4v) is 1.67. The van der Waals surface area contributed by atoms with Crippen molar-refractivity contribution >= 4 is 5.69 Å². The Balaban J connectivity index is 1.74. The molecular formula is C16H16N2O2. The maximum Gasteiger partial charge on any atom is 0.119 e. The van der Waals surface area contributed by atoms with Gasteiger partial charge < -0.3 is 15.2 Å². The summed E-state index contributed by atoms with van der Waals surface area (Å²) in [6.45, 7) is 0.617. The van der Waals surface area contributed by atoms with Gasteiger partial charge in [-0.15, -0.1) is 0 Å². The van der Waals surface area contributed by atoms with E-state index in [1.807, 2.05) is 36.4 Å². The lowest BCUT2D eigenvalue weighted by Crippen LogP contribution is -2.26. The number of nitrogens with zero attached hydrogens (tertiary/aromatic N) is 1. The predicted octanol–water partition coefficient (Wildman–Crippen LogP) is 2.41. The number of aliphatic hydroxyl groups is 1. The van der Waals surface area contributed by atoms with Crippen LogP contribution in [0.15, 0.2) is 54.6 Å². The van der Waals surface area contributed by atoms with E-state index >= 15 is 0 Å². The molecule has 0 bridgehead atoms. The Morgan fingerprint density at radius 2 is 1.80 bits per heavy atom. The molecule has 0 fully saturated rings. The van der Waals surface area contributed by atoms with Crippen molar-refractivity contribution in [2.75, 3.05) is 18.5 Å². The van der Waals surface area contributed by atoms with E-state index in [1.54, 1.807) is 24.3 Å². The topological polar surface area (TPSA) is 65.3 Å². The number of anilines is 1. The van der Waals surface area contributed by atoms with Gasteiger partial charge in [-0.1, -0.05) is 18.2 Å². The van der Waals surface area contributed by atoms with Crippen LogP contribution in [-0.4, -0.2) is 24.4 Å². The van der Waals surface area contributed by atoms with Crippen LogP contribution in [0.25, 0.3) is 0 Å². The molecule has 1 unspecified atom stereocenters. The first-order valence-corrected chi connectivity index (χ1v) is 6.38. The Morgan fingerprint density at radius 1 is 1.10 bits per heavy atom. The van der Waals surface area contributed by atoms with Gasteiger partial charge in [0.2, 0.25) is 0 Å². The molecule has 2 rings (SSSR count). The molecule has 2 aromatic rings. The van der Waals surface area contributed by atoms with Crippen molar-refractivity contribution in [2.45, 2.75) is 6.10 Å². The van der Waals surface area contributed by atoms with Gasteiger partial charge in [0.05, 0.1) is 11.6 Å². The number of hydrogen-bond donors (Lipinski definition) is 2. The van der Waals surface area contributed by atoms with E-state index in [1.165, 1.54) is 0 Å². The number of para-hydroxylation sites is 1. The average molecular weight is 268 g/mol. The minimum Gasteiger partial charge on any atom is -0.491 e. The molecule has 0 aliphatic rings. The van der Waals surface area contributed by atoms with Gasteiger partial charge in [-0.05, 0) is 36.4 Å². The minimum absolute atomic E-state index is 0.200. The second-order valence-corrected chi connectivity index (χ2v) is 4.35. The zero-order chi connectivity index (χ0) is 14.2. The van der Waals surface area contributed by atoms with Crippen LogP contribution in [0.2, 0.25) is 0 Å². The Kier molecular flexibility index (Phi) is 4.99. The molecule has 0 aliphatic carbocycles. The lowest BCUT2D eigenvalue weighted by atomic mass is 10.2. The van der Waals surface area contributed by atoms with Crippen molar-refractivity contribution in [1.29, 1.82) is 5.26 Å². The average Bonchev–Trinajstić information content (AvgIpc) is 2.52. The Hall–Kier alpha value is -2.51. The smallest absolute Gasteiger partial charge is 0.119 e. The van der Waals surface area contributed by atoms with Gasteiger partial charge in [-0.3, -0.25) is 0 Å². The number of benzene rings is 2. The molecule has 0 saturated carbocycles. The first-order valence-electron chi connectivity index (χ1n) is 6.38. The lowest BCUT2D eigenvalue weighted by Gasteiger charge is -2.14. The van der Waals surface area contributed by atoms with Gasteiger partial charge >= 0.3 is 0 Å². The molecule has 0 aliphatic heterocycles. The highest BCUT2D eigenvalue weighted by atomic mass is 16.5. The number of aliphatic hydroxyl groups excluding tert-OH is 1. The van der Waals surface area contributed by atoms with Crippen LogP contribution in [0.3, 0.4) is 0 Å². The van der Waals surface area contributed by atoms with Crippen LogP contribution >= 0.6 is 0 Å². The largest absolute Gasteiger partial charge is 0.491 e. The van der Waals surface area contributed by atoms with E-state index in [0.29, 0.717) is 17.9 Å². The van der Waals surface area contributed by atoms with Crippen LogP contribution < -0.4 is 10.1 Å². The highest BCUT2D eigenvalue weighted by Gasteiger charge is 2.05. The van der Waals surface area contributed by atoms with E-state index in [4.69, 9.17) is 10.00 Å². The first kappa shape index (κ1) is 13.9. The van der Waals surface area contributed by atoms with Crippen molar-refractivity contribution < 1.29 is 9.84 Å². The van der Waals surface area contributed by atoms with Gasteiger partial charge in [0.25, 0.3) is 0 Å². The van der Waals surface area contributed by atoms with Crippen molar-refractivity contribution in [3.63, 3.8) is 0 Å². The van der Waals surface area contributed by atoms with E-state index < -0.39 is 6.10 Å². The summed E-state index contributed by atoms with van der Waals surface area (Å²) in [6, 6.07) is 18.5. The maximum atomic E-state index is 9.83. The molecule has 0 spiro atoms. The van der Waals surface area contributed by atoms with Crippen LogP contribution in [0, 0.1) is 11.3 Å². The Labute approximate surface area is 118 Å². The summed E-state index contributed by atoms with van der Waals surface area (Å²) < 4.78 is 5.46. The van der Waals surface area contributed by atoms with E-state index in [-0.39, 0.29) is 6.61 Å². The van der Waals surface area contributed by atoms with Gasteiger partial charge in [-0.2, -0.15) is 5.26 Å². The molecular weight excluding hydrogens is 252 g/mol. The van der Waals surface area contributed by atoms with Crippen molar-refractivity contribution in [2.24, 2.45) is 0 Å². The maximum absolute atomic E-state index is 9.83. The molecule has 20 heavy (non-hydrogen) atoms. The third-order valence-electron chi connectivity index (χ3n) is 2.74. The van der Waals surface area contributed by atoms with Gasteiger partial charge in [0, 0.05) is 12.2 Å². The summed E-state index contributed by atoms with van der Waals surface area (Å²) >= 11 is 0. The standard InChI is InChI=1S/C16H16N2O2/c17-10-13-6-8-16(9-7-13)20-12-15(19)11-18-14-4-2-1-3-5-14/h1-9,15,18-19H,11-12H2. The summed E-state index contributed by atoms with van der Waals surface area (Å²) in [7, 11) is 0. The van der Waals surface area contributed by atoms with E-state index in [0.717, 1.165) is 5.69 Å². The van der Waals surface area contributed by atoms with E-state index in [2.05, 4.69) is 5.32 Å². The highest BCUT2D eigenvalue weighted by molar-refractivity contribution is 5.42. The second-order valence-electron chi connectivity index (χ2n) is 4.35. The van der Waals surface area contributed by atoms with Crippen molar-refractivity contribution in [1.82, 2.24) is 0 Å². The van der Waals surface area contributed by atoms with Gasteiger partial charge in [0.1, 0.15) is 18.5 Å². The Bertz CT molecular complexity index is 561. The third kappa shape index (κ3) is 4.30. The molecule has 2 aromatic carbocycles. The summed E-state index contributed by atoms with van der Waals surface area (Å²) in [5.74, 6) is 0.641. The van der Waals surface area contributed by atoms with Crippen LogP contribution in [0.1, 0.15) is 5.56 Å². The predicted molar refractivity (Wildman–Crippen MR) is 77.6 cm³/mol. The zero-order valence-corrected chi connectivity index (χ0v) is 11.0. The number of hydrogen-bond acceptors (Lipinski definition) is 4. The van der Waals surface area contributed by atoms with Crippen LogP contribution in [0.4, 0.5) is 5.69 Å². The molecule has 1 atom stereocenters. The van der Waals surface area contributed by atoms with Gasteiger partial charge in [-0.25, -0.2) is 0 Å². The lowest BCUT2D eigenvalue weighted by molar-refractivity contribution is 0.117. The quantitative estimate of drug-likeness (QED) is 0.844. The fraction of sp³-hybridized carbons (Fsp3) is 0.188. The monoisotopic (exact) mass is 268 g/mol. The summed E-state index contributed by atoms with van der Waals surface area (Å²) in [5.41, 5.74) is 1.55. The number of rotatable bonds is 6. The molecule has 102 valence electrons. The highest BCUT2D eigenvalue weighted by Crippen LogP contribution is 2.12. The number of ether oxygens (including phenoxy) is 1. The molecule has 4 nitrogen and oxygen atoms in total. The van der Waals surface area contributed by atoms with Crippen LogP contribution in [0.5, 0.6) is 5.75 Å². The SMILES string of the molecule is N#Cc1ccc(OCC(O)CNc2ccccc2)cc1. The Morgan fingerprint density at radius 3 is 2.45 bits per heavy atom. The first-order chi connectivity index (χ1) is 9.78. The van der Waals surface area contributed by atoms with E-state index in [9.17, 15) is 5.11 Å². The summed E-state index contributed by atoms with van der Waals surface area (Å²) in [4.78, 5) is 0. The minimum atomic E-state index is -0.606. The normalized spacial score (nSPS) is 11.4. The molecule has 2 N–H and O–H groups in total. The van der Waals surface area contributed by atoms with Crippen LogP contribution in [-0.2, 0) is 0 Å². The molecule has 0 radical (unpaired) electrons. The molecule has 0 saturated heterocycles. The number of nitrogens with one attached hydrogen (secondary N) is 1. The van der Waals surface area contributed by atoms with Crippen molar-refractivity contribution in [3.8, 4) is 11.8 Å². The molecule has 4 heteroatoms. The second kappa shape index (κ2) is 7.17. The number of nitriles is 1. The zero-order valence-electron chi connectivity index (χ0n) is 11.0. The molecule has 0 aromatic heterocycles. The molecule has 0 heterocycles. The third-order valence-corrected chi connectivity index (χ3v) is 2.74. The fourth-order valence-electron chi connectivity index (χ4n) is 1.67. The molecule has 0 amide bonds. The summed E-state index contributed by atoms with van der Waals surface area (Å²) in [5, 5.41) is 21.6.